The second kappa shape index (κ2) is 11.0. The molecule has 186 valence electrons. The molecule has 0 radical (unpaired) electrons. The number of nitrogens with one attached hydrogen (secondary N) is 1. The number of pyridine rings is 1. The third-order valence-corrected chi connectivity index (χ3v) is 6.67. The lowest BCUT2D eigenvalue weighted by Gasteiger charge is -2.36. The summed E-state index contributed by atoms with van der Waals surface area (Å²) in [6, 6.07) is 9.80. The van der Waals surface area contributed by atoms with Gasteiger partial charge in [0.25, 0.3) is 5.91 Å². The van der Waals surface area contributed by atoms with Crippen LogP contribution in [0.2, 0.25) is 0 Å². The van der Waals surface area contributed by atoms with E-state index < -0.39 is 0 Å². The Balaban J connectivity index is 1.59. The summed E-state index contributed by atoms with van der Waals surface area (Å²) in [6.07, 6.45) is 6.66. The normalized spacial score (nSPS) is 20.7. The van der Waals surface area contributed by atoms with E-state index in [2.05, 4.69) is 27.1 Å². The van der Waals surface area contributed by atoms with Gasteiger partial charge in [-0.25, -0.2) is 4.98 Å². The zero-order chi connectivity index (χ0) is 24.9. The molecule has 7 nitrogen and oxygen atoms in total. The van der Waals surface area contributed by atoms with E-state index in [0.717, 1.165) is 54.8 Å². The molecule has 1 aliphatic heterocycles. The van der Waals surface area contributed by atoms with Gasteiger partial charge in [-0.05, 0) is 65.0 Å². The topological polar surface area (TPSA) is 83.9 Å². The third kappa shape index (κ3) is 5.89. The number of hydrogen-bond donors (Lipinski definition) is 1. The number of carbonyl (C=O) groups excluding carboxylic acids is 2. The van der Waals surface area contributed by atoms with Gasteiger partial charge in [0.15, 0.2) is 0 Å². The largest absolute Gasteiger partial charge is 0.478 e. The molecule has 2 amide bonds. The average Bonchev–Trinajstić information content (AvgIpc) is 3.19. The summed E-state index contributed by atoms with van der Waals surface area (Å²) in [6.45, 7) is 8.65. The lowest BCUT2D eigenvalue weighted by Crippen LogP contribution is -2.44. The van der Waals surface area contributed by atoms with Gasteiger partial charge >= 0.3 is 0 Å². The molecule has 4 rings (SSSR count). The van der Waals surface area contributed by atoms with E-state index >= 15 is 0 Å². The van der Waals surface area contributed by atoms with Gasteiger partial charge in [-0.1, -0.05) is 24.6 Å². The fourth-order valence-corrected chi connectivity index (χ4v) is 4.87. The van der Waals surface area contributed by atoms with Gasteiger partial charge in [0, 0.05) is 47.8 Å². The van der Waals surface area contributed by atoms with E-state index in [4.69, 9.17) is 4.74 Å². The summed E-state index contributed by atoms with van der Waals surface area (Å²) in [5.41, 5.74) is 3.74. The molecular weight excluding hydrogens is 440 g/mol. The highest BCUT2D eigenvalue weighted by Gasteiger charge is 2.36. The van der Waals surface area contributed by atoms with Crippen molar-refractivity contribution in [2.45, 2.75) is 78.3 Å². The maximum absolute atomic E-state index is 13.0. The summed E-state index contributed by atoms with van der Waals surface area (Å²) in [7, 11) is 0. The van der Waals surface area contributed by atoms with Gasteiger partial charge in [-0.15, -0.1) is 0 Å². The first-order valence-electron chi connectivity index (χ1n) is 12.8. The van der Waals surface area contributed by atoms with Crippen molar-refractivity contribution in [1.29, 1.82) is 0 Å². The van der Waals surface area contributed by atoms with Crippen LogP contribution >= 0.6 is 0 Å². The van der Waals surface area contributed by atoms with E-state index in [-0.39, 0.29) is 29.8 Å². The van der Waals surface area contributed by atoms with Crippen LogP contribution in [0.3, 0.4) is 0 Å². The van der Waals surface area contributed by atoms with Gasteiger partial charge in [0.1, 0.15) is 5.84 Å². The minimum Gasteiger partial charge on any atom is -0.478 e. The van der Waals surface area contributed by atoms with Crippen LogP contribution in [0.25, 0.3) is 0 Å². The molecule has 2 aromatic rings. The van der Waals surface area contributed by atoms with E-state index in [1.54, 1.807) is 0 Å². The number of nitrogens with zero attached hydrogens (tertiary/aromatic N) is 3. The SMILES string of the molecule is CCCOc1cc2c(cn1)CC(=NC(=O)c1ccc(C)cc1)N2C1CCC(C(=O)NC(C)C)CC1. The number of rotatable bonds is 7. The number of benzene rings is 1. The molecule has 2 aliphatic rings. The monoisotopic (exact) mass is 476 g/mol. The second-order valence-corrected chi connectivity index (χ2v) is 9.91. The summed E-state index contributed by atoms with van der Waals surface area (Å²) in [5, 5.41) is 3.05. The maximum atomic E-state index is 13.0. The molecule has 0 saturated heterocycles. The Bertz CT molecular complexity index is 1090. The van der Waals surface area contributed by atoms with Gasteiger partial charge in [0.2, 0.25) is 11.8 Å². The molecule has 1 aliphatic carbocycles. The molecule has 2 heterocycles. The van der Waals surface area contributed by atoms with Gasteiger partial charge < -0.3 is 15.0 Å². The minimum absolute atomic E-state index is 0.0335. The lowest BCUT2D eigenvalue weighted by atomic mass is 9.84. The minimum atomic E-state index is -0.238. The van der Waals surface area contributed by atoms with Crippen LogP contribution in [0, 0.1) is 12.8 Å². The number of fused-ring (bicyclic) bond motifs is 1. The van der Waals surface area contributed by atoms with Gasteiger partial charge in [-0.3, -0.25) is 9.59 Å². The van der Waals surface area contributed by atoms with Gasteiger partial charge in [-0.2, -0.15) is 4.99 Å². The van der Waals surface area contributed by atoms with Gasteiger partial charge in [0.05, 0.1) is 12.3 Å². The van der Waals surface area contributed by atoms with Crippen LogP contribution in [0.1, 0.15) is 74.4 Å². The number of hydrogen-bond acceptors (Lipinski definition) is 4. The van der Waals surface area contributed by atoms with Crippen molar-refractivity contribution in [3.8, 4) is 5.88 Å². The molecule has 7 heteroatoms. The molecule has 0 atom stereocenters. The number of ether oxygens (including phenoxy) is 1. The number of aromatic nitrogens is 1. The Morgan fingerprint density at radius 2 is 1.89 bits per heavy atom. The van der Waals surface area contributed by atoms with E-state index in [1.165, 1.54) is 0 Å². The Kier molecular flexibility index (Phi) is 7.83. The summed E-state index contributed by atoms with van der Waals surface area (Å²) >= 11 is 0. The van der Waals surface area contributed by atoms with Crippen molar-refractivity contribution in [3.05, 3.63) is 53.2 Å². The highest BCUT2D eigenvalue weighted by molar-refractivity contribution is 6.12. The molecule has 1 fully saturated rings. The third-order valence-electron chi connectivity index (χ3n) is 6.67. The Morgan fingerprint density at radius 1 is 1.17 bits per heavy atom. The number of anilines is 1. The summed E-state index contributed by atoms with van der Waals surface area (Å²) < 4.78 is 5.80. The van der Waals surface area contributed by atoms with Crippen LogP contribution in [-0.2, 0) is 11.2 Å². The highest BCUT2D eigenvalue weighted by Crippen LogP contribution is 2.38. The molecule has 0 bridgehead atoms. The number of aliphatic imine (C=N–C) groups is 1. The first-order valence-corrected chi connectivity index (χ1v) is 12.8. The Morgan fingerprint density at radius 3 is 2.54 bits per heavy atom. The van der Waals surface area contributed by atoms with Crippen LogP contribution in [0.5, 0.6) is 5.88 Å². The van der Waals surface area contributed by atoms with Crippen LogP contribution in [0.4, 0.5) is 5.69 Å². The average molecular weight is 477 g/mol. The van der Waals surface area contributed by atoms with Crippen molar-refractivity contribution in [3.63, 3.8) is 0 Å². The summed E-state index contributed by atoms with van der Waals surface area (Å²) in [4.78, 5) is 36.9. The van der Waals surface area contributed by atoms with E-state index in [1.807, 2.05) is 57.3 Å². The van der Waals surface area contributed by atoms with Crippen molar-refractivity contribution < 1.29 is 14.3 Å². The van der Waals surface area contributed by atoms with Crippen molar-refractivity contribution >= 4 is 23.3 Å². The maximum Gasteiger partial charge on any atom is 0.278 e. The van der Waals surface area contributed by atoms with Crippen LogP contribution in [-0.4, -0.2) is 41.3 Å². The molecule has 0 spiro atoms. The first kappa shape index (κ1) is 24.9. The first-order chi connectivity index (χ1) is 16.9. The van der Waals surface area contributed by atoms with E-state index in [9.17, 15) is 9.59 Å². The van der Waals surface area contributed by atoms with Crippen LogP contribution < -0.4 is 15.0 Å². The number of amides is 2. The van der Waals surface area contributed by atoms with Crippen LogP contribution in [0.15, 0.2) is 41.5 Å². The predicted octanol–water partition coefficient (Wildman–Crippen LogP) is 4.86. The van der Waals surface area contributed by atoms with E-state index in [0.29, 0.717) is 24.5 Å². The standard InChI is InChI=1S/C28H36N4O3/c1-5-14-35-26-16-24-22(17-29-26)15-25(31-28(34)20-8-6-19(4)7-9-20)32(24)23-12-10-21(11-13-23)27(33)30-18(2)3/h6-9,16-18,21,23H,5,10-15H2,1-4H3,(H,30,33). The molecule has 1 aromatic carbocycles. The lowest BCUT2D eigenvalue weighted by molar-refractivity contribution is -0.126. The second-order valence-electron chi connectivity index (χ2n) is 9.91. The fraction of sp³-hybridized carbons (Fsp3) is 0.500. The molecule has 0 unspecified atom stereocenters. The quantitative estimate of drug-likeness (QED) is 0.617. The predicted molar refractivity (Wildman–Crippen MR) is 138 cm³/mol. The molecule has 1 N–H and O–H groups in total. The smallest absolute Gasteiger partial charge is 0.278 e. The zero-order valence-electron chi connectivity index (χ0n) is 21.2. The Hall–Kier alpha value is -3.22. The number of amidine groups is 1. The zero-order valence-corrected chi connectivity index (χ0v) is 21.2. The molecule has 1 saturated carbocycles. The number of carbonyl (C=O) groups is 2. The highest BCUT2D eigenvalue weighted by atomic mass is 16.5. The molecule has 35 heavy (non-hydrogen) atoms. The molecule has 1 aromatic heterocycles. The van der Waals surface area contributed by atoms with Crippen molar-refractivity contribution in [2.24, 2.45) is 10.9 Å². The van der Waals surface area contributed by atoms with Crippen molar-refractivity contribution in [2.75, 3.05) is 11.5 Å². The van der Waals surface area contributed by atoms with Crippen molar-refractivity contribution in [1.82, 2.24) is 10.3 Å². The Labute approximate surface area is 208 Å². The number of aryl methyl sites for hydroxylation is 1. The molecular formula is C28H36N4O3. The fourth-order valence-electron chi connectivity index (χ4n) is 4.87. The summed E-state index contributed by atoms with van der Waals surface area (Å²) in [5.74, 6) is 1.27.